The van der Waals surface area contributed by atoms with Crippen molar-refractivity contribution in [3.05, 3.63) is 35.9 Å². The molecule has 0 bridgehead atoms. The fraction of sp³-hybridized carbons (Fsp3) is 0.462. The van der Waals surface area contributed by atoms with Crippen molar-refractivity contribution < 1.29 is 5.11 Å². The van der Waals surface area contributed by atoms with Crippen LogP contribution in [-0.2, 0) is 6.42 Å². The van der Waals surface area contributed by atoms with Gasteiger partial charge in [-0.1, -0.05) is 30.3 Å². The smallest absolute Gasteiger partial charge is 0.0622 e. The largest absolute Gasteiger partial charge is 0.393 e. The third-order valence-electron chi connectivity index (χ3n) is 2.43. The van der Waals surface area contributed by atoms with Gasteiger partial charge in [0.25, 0.3) is 0 Å². The summed E-state index contributed by atoms with van der Waals surface area (Å²) >= 11 is 0. The Morgan fingerprint density at radius 2 is 1.93 bits per heavy atom. The van der Waals surface area contributed by atoms with Crippen LogP contribution in [0.1, 0.15) is 31.2 Å². The van der Waals surface area contributed by atoms with Crippen LogP contribution in [0.4, 0.5) is 0 Å². The molecule has 0 aliphatic rings. The molecule has 0 amide bonds. The Balaban J connectivity index is 2.14. The molecule has 1 aromatic rings. The molecule has 0 saturated heterocycles. The molecule has 0 fully saturated rings. The van der Waals surface area contributed by atoms with Gasteiger partial charge in [0.15, 0.2) is 0 Å². The molecule has 80 valence electrons. The Hall–Kier alpha value is -1.33. The predicted molar refractivity (Wildman–Crippen MR) is 60.2 cm³/mol. The molecule has 2 heteroatoms. The molecule has 0 saturated carbocycles. The summed E-state index contributed by atoms with van der Waals surface area (Å²) in [6.45, 7) is 0. The van der Waals surface area contributed by atoms with Crippen LogP contribution in [0, 0.1) is 11.3 Å². The Kier molecular flexibility index (Phi) is 5.50. The third kappa shape index (κ3) is 5.19. The summed E-state index contributed by atoms with van der Waals surface area (Å²) in [6, 6.07) is 12.3. The summed E-state index contributed by atoms with van der Waals surface area (Å²) in [5.74, 6) is 0. The Bertz CT molecular complexity index is 302. The molecule has 0 aliphatic carbocycles. The molecule has 1 rings (SSSR count). The quantitative estimate of drug-likeness (QED) is 0.772. The minimum atomic E-state index is -0.312. The molecule has 2 nitrogen and oxygen atoms in total. The highest BCUT2D eigenvalue weighted by atomic mass is 16.3. The first-order valence-corrected chi connectivity index (χ1v) is 5.42. The number of hydrogen-bond acceptors (Lipinski definition) is 2. The highest BCUT2D eigenvalue weighted by molar-refractivity contribution is 5.14. The number of nitrogens with zero attached hydrogens (tertiary/aromatic N) is 1. The molecule has 0 aromatic heterocycles. The molecule has 0 heterocycles. The van der Waals surface area contributed by atoms with E-state index < -0.39 is 0 Å². The van der Waals surface area contributed by atoms with Gasteiger partial charge in [0, 0.05) is 6.42 Å². The summed E-state index contributed by atoms with van der Waals surface area (Å²) in [7, 11) is 0. The van der Waals surface area contributed by atoms with E-state index in [1.807, 2.05) is 24.3 Å². The maximum Gasteiger partial charge on any atom is 0.0622 e. The summed E-state index contributed by atoms with van der Waals surface area (Å²) < 4.78 is 0. The van der Waals surface area contributed by atoms with Crippen LogP contribution in [0.5, 0.6) is 0 Å². The number of rotatable bonds is 6. The van der Waals surface area contributed by atoms with Crippen LogP contribution in [0.15, 0.2) is 30.3 Å². The molecule has 15 heavy (non-hydrogen) atoms. The number of hydrogen-bond donors (Lipinski definition) is 1. The first-order valence-electron chi connectivity index (χ1n) is 5.42. The third-order valence-corrected chi connectivity index (χ3v) is 2.43. The lowest BCUT2D eigenvalue weighted by Gasteiger charge is -2.07. The minimum absolute atomic E-state index is 0.312. The number of aryl methyl sites for hydroxylation is 1. The van der Waals surface area contributed by atoms with E-state index in [0.29, 0.717) is 12.8 Å². The van der Waals surface area contributed by atoms with Crippen LogP contribution in [0.3, 0.4) is 0 Å². The standard InChI is InChI=1S/C13H17NO/c14-11-5-10-13(15)9-4-8-12-6-2-1-3-7-12/h1-3,6-7,13,15H,4-5,8-10H2/t13-/m1/s1. The zero-order valence-corrected chi connectivity index (χ0v) is 8.89. The van der Waals surface area contributed by atoms with Crippen LogP contribution >= 0.6 is 0 Å². The summed E-state index contributed by atoms with van der Waals surface area (Å²) in [5, 5.41) is 17.9. The number of nitriles is 1. The molecule has 0 spiro atoms. The predicted octanol–water partition coefficient (Wildman–Crippen LogP) is 2.67. The molecular formula is C13H17NO. The van der Waals surface area contributed by atoms with Gasteiger partial charge in [0.2, 0.25) is 0 Å². The van der Waals surface area contributed by atoms with Gasteiger partial charge in [-0.2, -0.15) is 5.26 Å². The number of benzene rings is 1. The SMILES string of the molecule is N#CCC[C@H](O)CCCc1ccccc1. The van der Waals surface area contributed by atoms with E-state index in [1.54, 1.807) is 0 Å². The molecular weight excluding hydrogens is 186 g/mol. The molecule has 0 unspecified atom stereocenters. The van der Waals surface area contributed by atoms with Gasteiger partial charge in [0.1, 0.15) is 0 Å². The number of aliphatic hydroxyl groups excluding tert-OH is 1. The van der Waals surface area contributed by atoms with Gasteiger partial charge in [-0.3, -0.25) is 0 Å². The molecule has 0 radical (unpaired) electrons. The topological polar surface area (TPSA) is 44.0 Å². The summed E-state index contributed by atoms with van der Waals surface area (Å²) in [5.41, 5.74) is 1.31. The zero-order chi connectivity index (χ0) is 10.9. The Morgan fingerprint density at radius 3 is 2.60 bits per heavy atom. The molecule has 1 aromatic carbocycles. The maximum atomic E-state index is 9.51. The number of aliphatic hydroxyl groups is 1. The van der Waals surface area contributed by atoms with E-state index in [0.717, 1.165) is 19.3 Å². The second-order valence-corrected chi connectivity index (χ2v) is 3.73. The normalized spacial score (nSPS) is 12.0. The first kappa shape index (κ1) is 11.7. The van der Waals surface area contributed by atoms with Crippen molar-refractivity contribution in [2.45, 2.75) is 38.2 Å². The van der Waals surface area contributed by atoms with Crippen molar-refractivity contribution in [2.24, 2.45) is 0 Å². The lowest BCUT2D eigenvalue weighted by Crippen LogP contribution is -2.06. The van der Waals surface area contributed by atoms with Crippen LogP contribution in [0.2, 0.25) is 0 Å². The van der Waals surface area contributed by atoms with Gasteiger partial charge in [-0.15, -0.1) is 0 Å². The lowest BCUT2D eigenvalue weighted by molar-refractivity contribution is 0.153. The highest BCUT2D eigenvalue weighted by Crippen LogP contribution is 2.09. The van der Waals surface area contributed by atoms with Crippen molar-refractivity contribution in [2.75, 3.05) is 0 Å². The van der Waals surface area contributed by atoms with Crippen molar-refractivity contribution in [1.82, 2.24) is 0 Å². The Labute approximate surface area is 91.2 Å². The van der Waals surface area contributed by atoms with Gasteiger partial charge >= 0.3 is 0 Å². The van der Waals surface area contributed by atoms with E-state index in [9.17, 15) is 5.11 Å². The molecule has 1 atom stereocenters. The van der Waals surface area contributed by atoms with Gasteiger partial charge < -0.3 is 5.11 Å². The van der Waals surface area contributed by atoms with E-state index in [1.165, 1.54) is 5.56 Å². The van der Waals surface area contributed by atoms with Crippen LogP contribution in [-0.4, -0.2) is 11.2 Å². The van der Waals surface area contributed by atoms with E-state index >= 15 is 0 Å². The average molecular weight is 203 g/mol. The van der Waals surface area contributed by atoms with Crippen molar-refractivity contribution in [1.29, 1.82) is 5.26 Å². The maximum absolute atomic E-state index is 9.51. The van der Waals surface area contributed by atoms with Crippen molar-refractivity contribution >= 4 is 0 Å². The van der Waals surface area contributed by atoms with Gasteiger partial charge in [-0.25, -0.2) is 0 Å². The monoisotopic (exact) mass is 203 g/mol. The molecule has 0 aliphatic heterocycles. The second kappa shape index (κ2) is 7.03. The van der Waals surface area contributed by atoms with Crippen molar-refractivity contribution in [3.8, 4) is 6.07 Å². The zero-order valence-electron chi connectivity index (χ0n) is 8.89. The van der Waals surface area contributed by atoms with Crippen LogP contribution < -0.4 is 0 Å². The van der Waals surface area contributed by atoms with Crippen molar-refractivity contribution in [3.63, 3.8) is 0 Å². The highest BCUT2D eigenvalue weighted by Gasteiger charge is 2.03. The average Bonchev–Trinajstić information content (AvgIpc) is 2.28. The first-order chi connectivity index (χ1) is 7.33. The van der Waals surface area contributed by atoms with Crippen LogP contribution in [0.25, 0.3) is 0 Å². The van der Waals surface area contributed by atoms with E-state index in [2.05, 4.69) is 12.1 Å². The fourth-order valence-corrected chi connectivity index (χ4v) is 1.56. The lowest BCUT2D eigenvalue weighted by atomic mass is 10.0. The summed E-state index contributed by atoms with van der Waals surface area (Å²) in [6.07, 6.45) is 3.52. The van der Waals surface area contributed by atoms with E-state index in [4.69, 9.17) is 5.26 Å². The fourth-order valence-electron chi connectivity index (χ4n) is 1.56. The minimum Gasteiger partial charge on any atom is -0.393 e. The van der Waals surface area contributed by atoms with Gasteiger partial charge in [-0.05, 0) is 31.2 Å². The van der Waals surface area contributed by atoms with Gasteiger partial charge in [0.05, 0.1) is 12.2 Å². The Morgan fingerprint density at radius 1 is 1.20 bits per heavy atom. The second-order valence-electron chi connectivity index (χ2n) is 3.73. The molecule has 1 N–H and O–H groups in total. The summed E-state index contributed by atoms with van der Waals surface area (Å²) in [4.78, 5) is 0. The van der Waals surface area contributed by atoms with E-state index in [-0.39, 0.29) is 6.10 Å².